The van der Waals surface area contributed by atoms with Crippen LogP contribution in [0.15, 0.2) is 12.7 Å². The smallest absolute Gasteiger partial charge is 0.246 e. The SMILES string of the molecule is C=CC(=O)N(CC)CC(=O)N1CCCC2(CC2)C1. The standard InChI is InChI=1S/C14H22N2O2/c1-3-12(17)15(4-2)10-13(18)16-9-5-6-14(11-16)7-8-14/h3H,1,4-11H2,2H3. The molecule has 0 N–H and O–H groups in total. The second-order valence-electron chi connectivity index (χ2n) is 5.48. The molecule has 1 aliphatic heterocycles. The van der Waals surface area contributed by atoms with E-state index in [0.29, 0.717) is 12.0 Å². The Morgan fingerprint density at radius 2 is 2.11 bits per heavy atom. The van der Waals surface area contributed by atoms with Crippen molar-refractivity contribution < 1.29 is 9.59 Å². The van der Waals surface area contributed by atoms with Gasteiger partial charge in [0.1, 0.15) is 0 Å². The Morgan fingerprint density at radius 1 is 1.39 bits per heavy atom. The van der Waals surface area contributed by atoms with E-state index in [4.69, 9.17) is 0 Å². The predicted molar refractivity (Wildman–Crippen MR) is 69.9 cm³/mol. The first kappa shape index (κ1) is 13.1. The fraction of sp³-hybridized carbons (Fsp3) is 0.714. The molecule has 4 heteroatoms. The number of likely N-dealkylation sites (tertiary alicyclic amines) is 1. The maximum atomic E-state index is 12.2. The van der Waals surface area contributed by atoms with E-state index in [2.05, 4.69) is 6.58 Å². The van der Waals surface area contributed by atoms with E-state index in [0.717, 1.165) is 19.5 Å². The van der Waals surface area contributed by atoms with Crippen molar-refractivity contribution in [3.63, 3.8) is 0 Å². The van der Waals surface area contributed by atoms with Gasteiger partial charge in [0, 0.05) is 19.6 Å². The van der Waals surface area contributed by atoms with Crippen molar-refractivity contribution in [1.82, 2.24) is 9.80 Å². The fourth-order valence-electron chi connectivity index (χ4n) is 2.74. The Hall–Kier alpha value is -1.32. The summed E-state index contributed by atoms with van der Waals surface area (Å²) in [5.41, 5.74) is 0.438. The molecule has 100 valence electrons. The molecule has 1 spiro atoms. The second-order valence-corrected chi connectivity index (χ2v) is 5.48. The summed E-state index contributed by atoms with van der Waals surface area (Å²) in [4.78, 5) is 27.2. The number of piperidine rings is 1. The zero-order valence-electron chi connectivity index (χ0n) is 11.2. The molecular formula is C14H22N2O2. The normalized spacial score (nSPS) is 20.6. The van der Waals surface area contributed by atoms with Gasteiger partial charge in [-0.05, 0) is 44.1 Å². The maximum Gasteiger partial charge on any atom is 0.246 e. The van der Waals surface area contributed by atoms with Gasteiger partial charge in [0.05, 0.1) is 6.54 Å². The molecule has 0 atom stereocenters. The van der Waals surface area contributed by atoms with Crippen LogP contribution in [0.25, 0.3) is 0 Å². The summed E-state index contributed by atoms with van der Waals surface area (Å²) in [5, 5.41) is 0. The van der Waals surface area contributed by atoms with Gasteiger partial charge >= 0.3 is 0 Å². The molecule has 1 saturated heterocycles. The van der Waals surface area contributed by atoms with E-state index in [1.807, 2.05) is 11.8 Å². The molecule has 0 bridgehead atoms. The molecule has 1 heterocycles. The zero-order valence-corrected chi connectivity index (χ0v) is 11.2. The van der Waals surface area contributed by atoms with Crippen LogP contribution in [0, 0.1) is 5.41 Å². The lowest BCUT2D eigenvalue weighted by atomic mass is 9.95. The first-order valence-electron chi connectivity index (χ1n) is 6.79. The van der Waals surface area contributed by atoms with E-state index < -0.39 is 0 Å². The minimum atomic E-state index is -0.163. The van der Waals surface area contributed by atoms with Crippen LogP contribution in [0.3, 0.4) is 0 Å². The number of hydrogen-bond donors (Lipinski definition) is 0. The lowest BCUT2D eigenvalue weighted by Gasteiger charge is -2.34. The van der Waals surface area contributed by atoms with E-state index in [-0.39, 0.29) is 18.4 Å². The van der Waals surface area contributed by atoms with Crippen molar-refractivity contribution in [2.45, 2.75) is 32.6 Å². The Kier molecular flexibility index (Phi) is 3.73. The molecule has 0 aromatic heterocycles. The molecule has 2 rings (SSSR count). The molecule has 0 unspecified atom stereocenters. The molecule has 1 saturated carbocycles. The molecule has 2 fully saturated rings. The van der Waals surface area contributed by atoms with Crippen LogP contribution in [0.2, 0.25) is 0 Å². The van der Waals surface area contributed by atoms with Gasteiger partial charge in [-0.2, -0.15) is 0 Å². The van der Waals surface area contributed by atoms with Gasteiger partial charge in [0.25, 0.3) is 0 Å². The van der Waals surface area contributed by atoms with Gasteiger partial charge in [-0.25, -0.2) is 0 Å². The van der Waals surface area contributed by atoms with Crippen LogP contribution in [-0.4, -0.2) is 47.8 Å². The summed E-state index contributed by atoms with van der Waals surface area (Å²) in [6.07, 6.45) is 6.17. The highest BCUT2D eigenvalue weighted by atomic mass is 16.2. The lowest BCUT2D eigenvalue weighted by Crippen LogP contribution is -2.46. The van der Waals surface area contributed by atoms with Crippen LogP contribution in [-0.2, 0) is 9.59 Å². The summed E-state index contributed by atoms with van der Waals surface area (Å²) >= 11 is 0. The third-order valence-electron chi connectivity index (χ3n) is 4.17. The minimum Gasteiger partial charge on any atom is -0.341 e. The molecule has 0 aromatic rings. The molecular weight excluding hydrogens is 228 g/mol. The molecule has 0 aromatic carbocycles. The quantitative estimate of drug-likeness (QED) is 0.708. The molecule has 1 aliphatic carbocycles. The van der Waals surface area contributed by atoms with E-state index in [9.17, 15) is 9.59 Å². The third-order valence-corrected chi connectivity index (χ3v) is 4.17. The molecule has 2 amide bonds. The summed E-state index contributed by atoms with van der Waals surface area (Å²) in [6, 6.07) is 0. The Bertz CT molecular complexity index is 361. The van der Waals surface area contributed by atoms with Crippen LogP contribution < -0.4 is 0 Å². The second kappa shape index (κ2) is 5.12. The topological polar surface area (TPSA) is 40.6 Å². The lowest BCUT2D eigenvalue weighted by molar-refractivity contribution is -0.139. The number of hydrogen-bond acceptors (Lipinski definition) is 2. The van der Waals surface area contributed by atoms with Crippen molar-refractivity contribution in [3.8, 4) is 0 Å². The van der Waals surface area contributed by atoms with Crippen molar-refractivity contribution in [2.75, 3.05) is 26.2 Å². The largest absolute Gasteiger partial charge is 0.341 e. The van der Waals surface area contributed by atoms with Crippen molar-refractivity contribution >= 4 is 11.8 Å². The molecule has 0 radical (unpaired) electrons. The van der Waals surface area contributed by atoms with E-state index in [1.165, 1.54) is 25.3 Å². The number of rotatable bonds is 4. The number of nitrogens with zero attached hydrogens (tertiary/aromatic N) is 2. The zero-order chi connectivity index (χ0) is 13.2. The van der Waals surface area contributed by atoms with Crippen LogP contribution >= 0.6 is 0 Å². The van der Waals surface area contributed by atoms with Gasteiger partial charge in [0.2, 0.25) is 11.8 Å². The average molecular weight is 250 g/mol. The number of carbonyl (C=O) groups excluding carboxylic acids is 2. The summed E-state index contributed by atoms with van der Waals surface area (Å²) in [5.74, 6) is -0.0815. The van der Waals surface area contributed by atoms with E-state index >= 15 is 0 Å². The summed E-state index contributed by atoms with van der Waals surface area (Å²) in [7, 11) is 0. The summed E-state index contributed by atoms with van der Waals surface area (Å²) in [6.45, 7) is 7.83. The molecule has 4 nitrogen and oxygen atoms in total. The number of amides is 2. The van der Waals surface area contributed by atoms with Gasteiger partial charge in [-0.3, -0.25) is 9.59 Å². The Balaban J connectivity index is 1.90. The van der Waals surface area contributed by atoms with Gasteiger partial charge in [-0.15, -0.1) is 0 Å². The van der Waals surface area contributed by atoms with Crippen LogP contribution in [0.1, 0.15) is 32.6 Å². The molecule has 18 heavy (non-hydrogen) atoms. The monoisotopic (exact) mass is 250 g/mol. The number of carbonyl (C=O) groups is 2. The Morgan fingerprint density at radius 3 is 2.67 bits per heavy atom. The van der Waals surface area contributed by atoms with Crippen LogP contribution in [0.5, 0.6) is 0 Å². The maximum absolute atomic E-state index is 12.2. The van der Waals surface area contributed by atoms with Crippen molar-refractivity contribution in [1.29, 1.82) is 0 Å². The highest BCUT2D eigenvalue weighted by Crippen LogP contribution is 2.51. The first-order valence-corrected chi connectivity index (χ1v) is 6.79. The first-order chi connectivity index (χ1) is 8.60. The van der Waals surface area contributed by atoms with E-state index in [1.54, 1.807) is 4.90 Å². The molecule has 2 aliphatic rings. The van der Waals surface area contributed by atoms with Gasteiger partial charge < -0.3 is 9.80 Å². The van der Waals surface area contributed by atoms with Crippen molar-refractivity contribution in [3.05, 3.63) is 12.7 Å². The average Bonchev–Trinajstić information content (AvgIpc) is 3.13. The Labute approximate surface area is 109 Å². The highest BCUT2D eigenvalue weighted by Gasteiger charge is 2.46. The minimum absolute atomic E-state index is 0.0815. The van der Waals surface area contributed by atoms with Crippen molar-refractivity contribution in [2.24, 2.45) is 5.41 Å². The third kappa shape index (κ3) is 2.74. The predicted octanol–water partition coefficient (Wildman–Crippen LogP) is 1.42. The van der Waals surface area contributed by atoms with Gasteiger partial charge in [0.15, 0.2) is 0 Å². The fourth-order valence-corrected chi connectivity index (χ4v) is 2.74. The van der Waals surface area contributed by atoms with Gasteiger partial charge in [-0.1, -0.05) is 6.58 Å². The highest BCUT2D eigenvalue weighted by molar-refractivity contribution is 5.90. The van der Waals surface area contributed by atoms with Crippen LogP contribution in [0.4, 0.5) is 0 Å². The summed E-state index contributed by atoms with van der Waals surface area (Å²) < 4.78 is 0. The number of likely N-dealkylation sites (N-methyl/N-ethyl adjacent to an activating group) is 1.